The van der Waals surface area contributed by atoms with Crippen LogP contribution in [0, 0.1) is 5.92 Å². The van der Waals surface area contributed by atoms with Crippen molar-refractivity contribution in [3.05, 3.63) is 48.1 Å². The smallest absolute Gasteiger partial charge is 0.170 e. The normalized spacial score (nSPS) is 18.1. The van der Waals surface area contributed by atoms with Crippen LogP contribution in [0.1, 0.15) is 0 Å². The van der Waals surface area contributed by atoms with E-state index < -0.39 is 12.1 Å². The predicted octanol–water partition coefficient (Wildman–Crippen LogP) is 2.96. The largest absolute Gasteiger partial charge is 0.402 e. The zero-order chi connectivity index (χ0) is 9.19. The van der Waals surface area contributed by atoms with Crippen LogP contribution in [-0.4, -0.2) is 6.18 Å². The number of rotatable bonds is 0. The Morgan fingerprint density at radius 2 is 1.58 bits per heavy atom. The second-order valence-electron chi connectivity index (χ2n) is 2.25. The molecular formula is C9H6F3. The molecule has 0 saturated carbocycles. The first-order valence-corrected chi connectivity index (χ1v) is 3.24. The molecule has 0 aromatic rings. The van der Waals surface area contributed by atoms with Crippen molar-refractivity contribution in [2.45, 2.75) is 6.18 Å². The Morgan fingerprint density at radius 3 is 1.92 bits per heavy atom. The monoisotopic (exact) mass is 171 g/mol. The van der Waals surface area contributed by atoms with Gasteiger partial charge in [0, 0.05) is 5.57 Å². The van der Waals surface area contributed by atoms with Gasteiger partial charge < -0.3 is 0 Å². The maximum atomic E-state index is 12.0. The van der Waals surface area contributed by atoms with Crippen LogP contribution < -0.4 is 0 Å². The van der Waals surface area contributed by atoms with Crippen molar-refractivity contribution >= 4 is 0 Å². The van der Waals surface area contributed by atoms with Gasteiger partial charge in [-0.25, -0.2) is 0 Å². The Morgan fingerprint density at radius 1 is 1.08 bits per heavy atom. The van der Waals surface area contributed by atoms with Crippen LogP contribution in [-0.2, 0) is 0 Å². The summed E-state index contributed by atoms with van der Waals surface area (Å²) in [6.07, 6.45) is 0.409. The Bertz CT molecular complexity index is 259. The summed E-state index contributed by atoms with van der Waals surface area (Å²) < 4.78 is 36.0. The van der Waals surface area contributed by atoms with Crippen molar-refractivity contribution in [3.63, 3.8) is 0 Å². The van der Waals surface area contributed by atoms with E-state index in [1.165, 1.54) is 12.2 Å². The molecule has 1 aliphatic rings. The molecule has 0 atom stereocenters. The summed E-state index contributed by atoms with van der Waals surface area (Å²) in [5.74, 6) is -0.651. The molecule has 63 valence electrons. The molecular weight excluding hydrogens is 165 g/mol. The minimum Gasteiger partial charge on any atom is -0.170 e. The highest BCUT2D eigenvalue weighted by Crippen LogP contribution is 2.32. The van der Waals surface area contributed by atoms with Gasteiger partial charge in [0.25, 0.3) is 0 Å². The summed E-state index contributed by atoms with van der Waals surface area (Å²) >= 11 is 0. The summed E-state index contributed by atoms with van der Waals surface area (Å²) in [5, 5.41) is 0. The molecule has 0 amide bonds. The highest BCUT2D eigenvalue weighted by atomic mass is 19.4. The lowest BCUT2D eigenvalue weighted by Gasteiger charge is -2.13. The van der Waals surface area contributed by atoms with E-state index in [1.54, 1.807) is 0 Å². The fourth-order valence-corrected chi connectivity index (χ4v) is 0.777. The minimum atomic E-state index is -4.26. The molecule has 0 aromatic heterocycles. The van der Waals surface area contributed by atoms with E-state index in [2.05, 4.69) is 12.3 Å². The van der Waals surface area contributed by atoms with Crippen LogP contribution in [0.5, 0.6) is 0 Å². The fraction of sp³-hybridized carbons (Fsp3) is 0.111. The first kappa shape index (κ1) is 8.88. The van der Waals surface area contributed by atoms with Crippen LogP contribution in [0.2, 0.25) is 0 Å². The lowest BCUT2D eigenvalue weighted by molar-refractivity contribution is -0.103. The molecule has 0 heterocycles. The summed E-state index contributed by atoms with van der Waals surface area (Å²) in [6, 6.07) is 0. The second-order valence-corrected chi connectivity index (χ2v) is 2.25. The Labute approximate surface area is 68.4 Å². The summed E-state index contributed by atoms with van der Waals surface area (Å²) in [4.78, 5) is 0. The molecule has 0 aliphatic heterocycles. The molecule has 1 rings (SSSR count). The van der Waals surface area contributed by atoms with Gasteiger partial charge in [0.1, 0.15) is 5.92 Å². The Kier molecular flexibility index (Phi) is 2.25. The summed E-state index contributed by atoms with van der Waals surface area (Å²) in [7, 11) is 0. The van der Waals surface area contributed by atoms with E-state index in [0.717, 1.165) is 12.2 Å². The molecule has 0 bridgehead atoms. The van der Waals surface area contributed by atoms with Crippen LogP contribution in [0.4, 0.5) is 13.2 Å². The molecule has 1 radical (unpaired) electrons. The maximum absolute atomic E-state index is 12.0. The van der Waals surface area contributed by atoms with E-state index in [9.17, 15) is 13.2 Å². The molecule has 0 N–H and O–H groups in total. The standard InChI is InChI=1S/C9H6F3/c1-2-7-3-5-8(6-4-7)9(10,11)12/h3-6H,1H2. The average Bonchev–Trinajstić information content (AvgIpc) is 2.03. The highest BCUT2D eigenvalue weighted by Gasteiger charge is 2.37. The maximum Gasteiger partial charge on any atom is 0.402 e. The van der Waals surface area contributed by atoms with Crippen molar-refractivity contribution in [1.82, 2.24) is 0 Å². The highest BCUT2D eigenvalue weighted by molar-refractivity contribution is 5.44. The summed E-state index contributed by atoms with van der Waals surface area (Å²) in [6.45, 7) is 3.32. The van der Waals surface area contributed by atoms with Gasteiger partial charge in [-0.05, 0) is 12.2 Å². The van der Waals surface area contributed by atoms with Gasteiger partial charge in [-0.2, -0.15) is 13.2 Å². The lowest BCUT2D eigenvalue weighted by atomic mass is 10.0. The first-order valence-electron chi connectivity index (χ1n) is 3.24. The number of hydrogen-bond donors (Lipinski definition) is 0. The molecule has 3 heteroatoms. The van der Waals surface area contributed by atoms with E-state index >= 15 is 0 Å². The number of halogens is 3. The molecule has 0 unspecified atom stereocenters. The van der Waals surface area contributed by atoms with Crippen molar-refractivity contribution in [1.29, 1.82) is 0 Å². The first-order chi connectivity index (χ1) is 5.54. The molecule has 0 spiro atoms. The van der Waals surface area contributed by atoms with Gasteiger partial charge in [0.2, 0.25) is 0 Å². The predicted molar refractivity (Wildman–Crippen MR) is 40.2 cm³/mol. The van der Waals surface area contributed by atoms with Crippen LogP contribution >= 0.6 is 0 Å². The molecule has 0 nitrogen and oxygen atoms in total. The van der Waals surface area contributed by atoms with Crippen molar-refractivity contribution in [2.24, 2.45) is 0 Å². The zero-order valence-electron chi connectivity index (χ0n) is 6.15. The van der Waals surface area contributed by atoms with E-state index in [4.69, 9.17) is 0 Å². The second kappa shape index (κ2) is 3.03. The van der Waals surface area contributed by atoms with Gasteiger partial charge in [-0.1, -0.05) is 18.7 Å². The SMILES string of the molecule is C=C=C1C=C[C](C(F)(F)F)C=C1. The number of hydrogen-bond acceptors (Lipinski definition) is 0. The molecule has 0 saturated heterocycles. The topological polar surface area (TPSA) is 0 Å². The quantitative estimate of drug-likeness (QED) is 0.491. The van der Waals surface area contributed by atoms with Crippen molar-refractivity contribution in [2.75, 3.05) is 0 Å². The zero-order valence-corrected chi connectivity index (χ0v) is 6.15. The summed E-state index contributed by atoms with van der Waals surface area (Å²) in [5.41, 5.74) is 3.05. The third kappa shape index (κ3) is 1.89. The molecule has 1 aliphatic carbocycles. The van der Waals surface area contributed by atoms with E-state index in [1.807, 2.05) is 0 Å². The van der Waals surface area contributed by atoms with Gasteiger partial charge in [-0.3, -0.25) is 0 Å². The van der Waals surface area contributed by atoms with Crippen LogP contribution in [0.3, 0.4) is 0 Å². The fourth-order valence-electron chi connectivity index (χ4n) is 0.777. The Balaban J connectivity index is 2.81. The Hall–Kier alpha value is -1.21. The van der Waals surface area contributed by atoms with Gasteiger partial charge in [0.15, 0.2) is 0 Å². The average molecular weight is 171 g/mol. The van der Waals surface area contributed by atoms with Crippen molar-refractivity contribution < 1.29 is 13.2 Å². The third-order valence-corrected chi connectivity index (χ3v) is 1.42. The van der Waals surface area contributed by atoms with Crippen LogP contribution in [0.25, 0.3) is 0 Å². The van der Waals surface area contributed by atoms with Gasteiger partial charge in [-0.15, -0.1) is 5.73 Å². The molecule has 12 heavy (non-hydrogen) atoms. The third-order valence-electron chi connectivity index (χ3n) is 1.42. The van der Waals surface area contributed by atoms with Crippen LogP contribution in [0.15, 0.2) is 42.2 Å². The minimum absolute atomic E-state index is 0.558. The van der Waals surface area contributed by atoms with Gasteiger partial charge >= 0.3 is 6.18 Å². The van der Waals surface area contributed by atoms with E-state index in [0.29, 0.717) is 5.57 Å². The van der Waals surface area contributed by atoms with E-state index in [-0.39, 0.29) is 0 Å². The van der Waals surface area contributed by atoms with Gasteiger partial charge in [0.05, 0.1) is 0 Å². The number of allylic oxidation sites excluding steroid dienone is 5. The van der Waals surface area contributed by atoms with Crippen molar-refractivity contribution in [3.8, 4) is 0 Å². The molecule has 0 aromatic carbocycles. The lowest BCUT2D eigenvalue weighted by Crippen LogP contribution is -2.17. The number of alkyl halides is 3. The molecule has 0 fully saturated rings.